The van der Waals surface area contributed by atoms with Gasteiger partial charge in [0, 0.05) is 25.6 Å². The summed E-state index contributed by atoms with van der Waals surface area (Å²) >= 11 is 0. The fourth-order valence-corrected chi connectivity index (χ4v) is 3.81. The fraction of sp³-hybridized carbons (Fsp3) is 0.526. The zero-order valence-electron chi connectivity index (χ0n) is 13.0. The first-order valence-electron chi connectivity index (χ1n) is 8.31. The molecule has 3 rings (SSSR count). The molecule has 0 aromatic heterocycles. The van der Waals surface area contributed by atoms with E-state index >= 15 is 0 Å². The number of nitriles is 1. The molecule has 2 atom stereocenters. The monoisotopic (exact) mass is 296 g/mol. The minimum atomic E-state index is -0.383. The number of hydrogen-bond acceptors (Lipinski definition) is 3. The Kier molecular flexibility index (Phi) is 4.61. The van der Waals surface area contributed by atoms with Gasteiger partial charge in [0.2, 0.25) is 0 Å². The normalized spacial score (nSPS) is 29.2. The molecule has 3 heteroatoms. The van der Waals surface area contributed by atoms with Crippen molar-refractivity contribution in [3.63, 3.8) is 0 Å². The van der Waals surface area contributed by atoms with Gasteiger partial charge in [-0.05, 0) is 37.0 Å². The van der Waals surface area contributed by atoms with Crippen LogP contribution in [0.4, 0.5) is 0 Å². The Labute approximate surface area is 132 Å². The van der Waals surface area contributed by atoms with Crippen molar-refractivity contribution >= 4 is 6.08 Å². The Balaban J connectivity index is 1.53. The molecule has 1 heterocycles. The third kappa shape index (κ3) is 3.40. The van der Waals surface area contributed by atoms with Crippen LogP contribution in [0.2, 0.25) is 0 Å². The highest BCUT2D eigenvalue weighted by molar-refractivity contribution is 5.51. The molecule has 3 nitrogen and oxygen atoms in total. The number of nitrogens with zero attached hydrogens (tertiary/aromatic N) is 2. The summed E-state index contributed by atoms with van der Waals surface area (Å²) in [5, 5.41) is 19.5. The molecular formula is C19H24N2O. The summed E-state index contributed by atoms with van der Waals surface area (Å²) in [5.74, 6) is 0.457. The molecule has 22 heavy (non-hydrogen) atoms. The van der Waals surface area contributed by atoms with E-state index in [-0.39, 0.29) is 5.60 Å². The molecule has 0 radical (unpaired) electrons. The number of rotatable bonds is 3. The fourth-order valence-electron chi connectivity index (χ4n) is 3.81. The average molecular weight is 296 g/mol. The molecule has 0 spiro atoms. The second-order valence-corrected chi connectivity index (χ2v) is 6.69. The van der Waals surface area contributed by atoms with Gasteiger partial charge in [-0.1, -0.05) is 37.1 Å². The van der Waals surface area contributed by atoms with Crippen LogP contribution >= 0.6 is 0 Å². The molecule has 0 bridgehead atoms. The number of piperidine rings is 1. The molecule has 1 aromatic rings. The van der Waals surface area contributed by atoms with Crippen LogP contribution < -0.4 is 0 Å². The van der Waals surface area contributed by atoms with Crippen LogP contribution in [0.25, 0.3) is 6.08 Å². The Morgan fingerprint density at radius 1 is 1.27 bits per heavy atom. The molecular weight excluding hydrogens is 272 g/mol. The minimum absolute atomic E-state index is 0.383. The summed E-state index contributed by atoms with van der Waals surface area (Å²) in [6.07, 6.45) is 9.84. The van der Waals surface area contributed by atoms with Crippen molar-refractivity contribution in [1.82, 2.24) is 4.90 Å². The zero-order valence-corrected chi connectivity index (χ0v) is 13.0. The van der Waals surface area contributed by atoms with E-state index in [1.807, 2.05) is 24.3 Å². The van der Waals surface area contributed by atoms with Gasteiger partial charge in [-0.25, -0.2) is 0 Å². The Morgan fingerprint density at radius 3 is 2.86 bits per heavy atom. The number of hydrogen-bond donors (Lipinski definition) is 1. The second-order valence-electron chi connectivity index (χ2n) is 6.69. The average Bonchev–Trinajstić information content (AvgIpc) is 2.55. The van der Waals surface area contributed by atoms with Crippen molar-refractivity contribution in [2.75, 3.05) is 19.6 Å². The number of aliphatic hydroxyl groups is 1. The molecule has 0 amide bonds. The molecule has 2 unspecified atom stereocenters. The predicted molar refractivity (Wildman–Crippen MR) is 88.2 cm³/mol. The molecule has 2 fully saturated rings. The van der Waals surface area contributed by atoms with Gasteiger partial charge in [-0.3, -0.25) is 4.90 Å². The molecule has 2 aliphatic rings. The second kappa shape index (κ2) is 6.64. The van der Waals surface area contributed by atoms with Gasteiger partial charge in [0.15, 0.2) is 0 Å². The lowest BCUT2D eigenvalue weighted by molar-refractivity contribution is -0.0933. The molecule has 1 aliphatic carbocycles. The van der Waals surface area contributed by atoms with Crippen molar-refractivity contribution in [1.29, 1.82) is 5.26 Å². The molecule has 1 aliphatic heterocycles. The van der Waals surface area contributed by atoms with Crippen LogP contribution in [0.15, 0.2) is 30.3 Å². The maximum Gasteiger partial charge on any atom is 0.0991 e. The summed E-state index contributed by atoms with van der Waals surface area (Å²) < 4.78 is 0. The highest BCUT2D eigenvalue weighted by Gasteiger charge is 2.42. The van der Waals surface area contributed by atoms with Crippen molar-refractivity contribution in [3.8, 4) is 6.07 Å². The van der Waals surface area contributed by atoms with Gasteiger partial charge in [0.1, 0.15) is 0 Å². The van der Waals surface area contributed by atoms with Crippen LogP contribution in [0.5, 0.6) is 0 Å². The van der Waals surface area contributed by atoms with Crippen molar-refractivity contribution < 1.29 is 5.11 Å². The van der Waals surface area contributed by atoms with Crippen molar-refractivity contribution in [3.05, 3.63) is 41.5 Å². The van der Waals surface area contributed by atoms with Crippen molar-refractivity contribution in [2.45, 2.75) is 37.7 Å². The molecule has 1 aromatic carbocycles. The van der Waals surface area contributed by atoms with Gasteiger partial charge in [0.05, 0.1) is 17.2 Å². The van der Waals surface area contributed by atoms with E-state index < -0.39 is 0 Å². The van der Waals surface area contributed by atoms with E-state index in [0.29, 0.717) is 11.5 Å². The third-order valence-corrected chi connectivity index (χ3v) is 5.23. The summed E-state index contributed by atoms with van der Waals surface area (Å²) in [6, 6.07) is 9.79. The topological polar surface area (TPSA) is 47.3 Å². The SMILES string of the molecule is N#Cc1ccc(/C=C/CN2CCC3(O)CCCCC3C2)cc1. The quantitative estimate of drug-likeness (QED) is 0.931. The standard InChI is InChI=1S/C19H24N2O/c20-14-17-8-6-16(7-9-17)4-3-12-21-13-11-19(22)10-2-1-5-18(19)15-21/h3-4,6-9,18,22H,1-2,5,10-13,15H2/b4-3+. The lowest BCUT2D eigenvalue weighted by atomic mass is 9.71. The molecule has 1 saturated carbocycles. The maximum absolute atomic E-state index is 10.7. The summed E-state index contributed by atoms with van der Waals surface area (Å²) in [5.41, 5.74) is 1.45. The van der Waals surface area contributed by atoms with Gasteiger partial charge in [-0.2, -0.15) is 5.26 Å². The van der Waals surface area contributed by atoms with E-state index in [0.717, 1.165) is 38.0 Å². The smallest absolute Gasteiger partial charge is 0.0991 e. The first kappa shape index (κ1) is 15.3. The lowest BCUT2D eigenvalue weighted by Gasteiger charge is -2.47. The highest BCUT2D eigenvalue weighted by atomic mass is 16.3. The summed E-state index contributed by atoms with van der Waals surface area (Å²) in [4.78, 5) is 2.45. The Hall–Kier alpha value is -1.63. The van der Waals surface area contributed by atoms with E-state index in [9.17, 15) is 5.11 Å². The van der Waals surface area contributed by atoms with Crippen LogP contribution in [0, 0.1) is 17.2 Å². The number of benzene rings is 1. The molecule has 1 N–H and O–H groups in total. The van der Waals surface area contributed by atoms with Crippen LogP contribution in [-0.4, -0.2) is 35.2 Å². The van der Waals surface area contributed by atoms with Gasteiger partial charge < -0.3 is 5.11 Å². The summed E-state index contributed by atoms with van der Waals surface area (Å²) in [7, 11) is 0. The number of likely N-dealkylation sites (tertiary alicyclic amines) is 1. The predicted octanol–water partition coefficient (Wildman–Crippen LogP) is 3.20. The first-order chi connectivity index (χ1) is 10.7. The van der Waals surface area contributed by atoms with Crippen molar-refractivity contribution in [2.24, 2.45) is 5.92 Å². The number of fused-ring (bicyclic) bond motifs is 1. The third-order valence-electron chi connectivity index (χ3n) is 5.23. The molecule has 116 valence electrons. The van der Waals surface area contributed by atoms with E-state index in [4.69, 9.17) is 5.26 Å². The van der Waals surface area contributed by atoms with Crippen LogP contribution in [-0.2, 0) is 0 Å². The Morgan fingerprint density at radius 2 is 2.09 bits per heavy atom. The van der Waals surface area contributed by atoms with Crippen LogP contribution in [0.1, 0.15) is 43.2 Å². The zero-order chi connectivity index (χ0) is 15.4. The maximum atomic E-state index is 10.7. The first-order valence-corrected chi connectivity index (χ1v) is 8.31. The molecule has 1 saturated heterocycles. The van der Waals surface area contributed by atoms with Crippen LogP contribution in [0.3, 0.4) is 0 Å². The largest absolute Gasteiger partial charge is 0.390 e. The van der Waals surface area contributed by atoms with E-state index in [2.05, 4.69) is 23.1 Å². The van der Waals surface area contributed by atoms with Gasteiger partial charge >= 0.3 is 0 Å². The highest BCUT2D eigenvalue weighted by Crippen LogP contribution is 2.39. The van der Waals surface area contributed by atoms with E-state index in [1.54, 1.807) is 0 Å². The minimum Gasteiger partial charge on any atom is -0.390 e. The Bertz CT molecular complexity index is 572. The van der Waals surface area contributed by atoms with Gasteiger partial charge in [0.25, 0.3) is 0 Å². The lowest BCUT2D eigenvalue weighted by Crippen LogP contribution is -2.53. The van der Waals surface area contributed by atoms with E-state index in [1.165, 1.54) is 19.3 Å². The van der Waals surface area contributed by atoms with Gasteiger partial charge in [-0.15, -0.1) is 0 Å². The summed E-state index contributed by atoms with van der Waals surface area (Å²) in [6.45, 7) is 2.95.